The van der Waals surface area contributed by atoms with Crippen molar-refractivity contribution in [3.8, 4) is 0 Å². The van der Waals surface area contributed by atoms with Crippen LogP contribution in [-0.2, 0) is 18.4 Å². The molecule has 0 saturated heterocycles. The fourth-order valence-corrected chi connectivity index (χ4v) is 5.14. The molecule has 1 atom stereocenters. The second-order valence-corrected chi connectivity index (χ2v) is 10.2. The SMILES string of the molecule is CO[n+]1ccc(NC(=O)c2c(C(F)(F)F)c(C3(F)CC3(F)F)nn2CC2(C)CC(F)(F)C2)cc1SC. The lowest BCUT2D eigenvalue weighted by Crippen LogP contribution is -2.47. The van der Waals surface area contributed by atoms with Gasteiger partial charge in [-0.05, 0) is 11.7 Å². The van der Waals surface area contributed by atoms with E-state index in [1.807, 2.05) is 0 Å². The number of nitrogens with zero attached hydrogens (tertiary/aromatic N) is 3. The number of alkyl halides is 8. The average Bonchev–Trinajstić information content (AvgIpc) is 3.05. The Balaban J connectivity index is 1.81. The van der Waals surface area contributed by atoms with Crippen LogP contribution in [0.4, 0.5) is 40.8 Å². The number of hydrogen-bond donors (Lipinski definition) is 1. The molecule has 2 aliphatic rings. The van der Waals surface area contributed by atoms with Crippen molar-refractivity contribution in [3.05, 3.63) is 35.3 Å². The number of hydrogen-bond acceptors (Lipinski definition) is 4. The molecule has 0 radical (unpaired) electrons. The summed E-state index contributed by atoms with van der Waals surface area (Å²) in [6.45, 7) is 0.702. The zero-order valence-electron chi connectivity index (χ0n) is 19.2. The first-order valence-corrected chi connectivity index (χ1v) is 11.8. The lowest BCUT2D eigenvalue weighted by Gasteiger charge is -2.44. The number of halogens is 8. The van der Waals surface area contributed by atoms with Gasteiger partial charge in [-0.25, -0.2) is 22.0 Å². The molecular formula is C21H21F8N4O2S+. The summed E-state index contributed by atoms with van der Waals surface area (Å²) in [5.41, 5.74) is -9.82. The van der Waals surface area contributed by atoms with Gasteiger partial charge >= 0.3 is 6.18 Å². The molecule has 1 unspecified atom stereocenters. The Kier molecular flexibility index (Phi) is 6.04. The predicted octanol–water partition coefficient (Wildman–Crippen LogP) is 4.86. The van der Waals surface area contributed by atoms with Gasteiger partial charge in [0, 0.05) is 36.2 Å². The number of pyridine rings is 1. The van der Waals surface area contributed by atoms with Gasteiger partial charge in [-0.3, -0.25) is 14.3 Å². The number of rotatable bonds is 7. The number of carbonyl (C=O) groups is 1. The van der Waals surface area contributed by atoms with E-state index in [0.717, 1.165) is 0 Å². The van der Waals surface area contributed by atoms with E-state index in [0.29, 0.717) is 9.71 Å². The second-order valence-electron chi connectivity index (χ2n) is 9.35. The van der Waals surface area contributed by atoms with Crippen LogP contribution in [0.25, 0.3) is 0 Å². The maximum absolute atomic E-state index is 14.9. The molecule has 6 nitrogen and oxygen atoms in total. The highest BCUT2D eigenvalue weighted by molar-refractivity contribution is 7.98. The quantitative estimate of drug-likeness (QED) is 0.307. The molecule has 0 aromatic carbocycles. The molecule has 0 bridgehead atoms. The van der Waals surface area contributed by atoms with E-state index in [9.17, 15) is 39.9 Å². The van der Waals surface area contributed by atoms with Crippen LogP contribution in [-0.4, -0.2) is 40.9 Å². The molecule has 0 spiro atoms. The van der Waals surface area contributed by atoms with Crippen molar-refractivity contribution in [2.45, 2.75) is 61.4 Å². The zero-order valence-corrected chi connectivity index (χ0v) is 20.0. The van der Waals surface area contributed by atoms with E-state index in [1.165, 1.54) is 48.9 Å². The van der Waals surface area contributed by atoms with E-state index in [-0.39, 0.29) is 5.69 Å². The number of thioether (sulfide) groups is 1. The van der Waals surface area contributed by atoms with Crippen molar-refractivity contribution in [1.82, 2.24) is 9.78 Å². The smallest absolute Gasteiger partial charge is 0.320 e. The molecule has 2 aromatic rings. The highest BCUT2D eigenvalue weighted by Crippen LogP contribution is 2.64. The first-order chi connectivity index (χ1) is 16.5. The van der Waals surface area contributed by atoms with E-state index in [2.05, 4.69) is 10.4 Å². The first-order valence-electron chi connectivity index (χ1n) is 10.5. The van der Waals surface area contributed by atoms with Crippen LogP contribution in [0.2, 0.25) is 0 Å². The van der Waals surface area contributed by atoms with Gasteiger partial charge in [0.2, 0.25) is 17.8 Å². The fourth-order valence-electron chi connectivity index (χ4n) is 4.58. The highest BCUT2D eigenvalue weighted by Gasteiger charge is 2.77. The minimum atomic E-state index is -5.44. The van der Waals surface area contributed by atoms with Crippen molar-refractivity contribution in [2.24, 2.45) is 5.41 Å². The van der Waals surface area contributed by atoms with Crippen LogP contribution < -0.4 is 14.9 Å². The number of aromatic nitrogens is 3. The molecule has 1 amide bonds. The predicted molar refractivity (Wildman–Crippen MR) is 111 cm³/mol. The molecule has 1 N–H and O–H groups in total. The van der Waals surface area contributed by atoms with Crippen LogP contribution in [0.5, 0.6) is 0 Å². The van der Waals surface area contributed by atoms with Gasteiger partial charge in [0.05, 0.1) is 12.1 Å². The van der Waals surface area contributed by atoms with Gasteiger partial charge in [-0.2, -0.15) is 18.3 Å². The maximum atomic E-state index is 14.9. The largest absolute Gasteiger partial charge is 0.420 e. The first kappa shape index (κ1) is 26.5. The van der Waals surface area contributed by atoms with Crippen molar-refractivity contribution in [3.63, 3.8) is 0 Å². The summed E-state index contributed by atoms with van der Waals surface area (Å²) in [6.07, 6.45) is -5.38. The second kappa shape index (κ2) is 8.21. The van der Waals surface area contributed by atoms with Crippen molar-refractivity contribution in [2.75, 3.05) is 18.7 Å². The Bertz CT molecular complexity index is 1210. The van der Waals surface area contributed by atoms with Crippen molar-refractivity contribution < 1.29 is 49.5 Å². The molecular weight excluding hydrogens is 524 g/mol. The Morgan fingerprint density at radius 2 is 1.83 bits per heavy atom. The summed E-state index contributed by atoms with van der Waals surface area (Å²) in [6, 6.07) is 2.68. The molecule has 2 saturated carbocycles. The van der Waals surface area contributed by atoms with E-state index < -0.39 is 77.8 Å². The third-order valence-electron chi connectivity index (χ3n) is 6.20. The summed E-state index contributed by atoms with van der Waals surface area (Å²) >= 11 is 1.19. The molecule has 15 heteroatoms. The van der Waals surface area contributed by atoms with Gasteiger partial charge in [-0.15, -0.1) is 0 Å². The van der Waals surface area contributed by atoms with Gasteiger partial charge < -0.3 is 5.32 Å². The van der Waals surface area contributed by atoms with Crippen LogP contribution in [0.15, 0.2) is 23.4 Å². The average molecular weight is 545 g/mol. The molecule has 2 aromatic heterocycles. The number of carbonyl (C=O) groups excluding carboxylic acids is 1. The fraction of sp³-hybridized carbons (Fsp3) is 0.571. The Hall–Kier alpha value is -2.58. The standard InChI is InChI=1S/C21H20F8N4O2S/c1-17(7-18(22,23)8-17)10-32-14(16(34)30-11-4-5-33(35-2)12(6-11)36-3)13(21(27,28)29)15(31-32)19(24)9-20(19,25)26/h4-6H,7-10H2,1-3H3/p+1. The van der Waals surface area contributed by atoms with E-state index in [4.69, 9.17) is 4.84 Å². The highest BCUT2D eigenvalue weighted by atomic mass is 32.2. The molecule has 2 aliphatic carbocycles. The lowest BCUT2D eigenvalue weighted by atomic mass is 9.67. The van der Waals surface area contributed by atoms with Crippen LogP contribution in [0.3, 0.4) is 0 Å². The number of amides is 1. The summed E-state index contributed by atoms with van der Waals surface area (Å²) < 4.78 is 114. The maximum Gasteiger partial charge on any atom is 0.420 e. The van der Waals surface area contributed by atoms with E-state index >= 15 is 0 Å². The normalized spacial score (nSPS) is 23.6. The summed E-state index contributed by atoms with van der Waals surface area (Å²) in [5, 5.41) is 6.14. The minimum absolute atomic E-state index is 0.0215. The zero-order chi connectivity index (χ0) is 26.9. The summed E-state index contributed by atoms with van der Waals surface area (Å²) in [4.78, 5) is 18.2. The monoisotopic (exact) mass is 545 g/mol. The molecule has 36 heavy (non-hydrogen) atoms. The number of anilines is 1. The summed E-state index contributed by atoms with van der Waals surface area (Å²) in [7, 11) is 1.36. The minimum Gasteiger partial charge on any atom is -0.320 e. The molecule has 2 heterocycles. The number of nitrogens with one attached hydrogen (secondary N) is 1. The van der Waals surface area contributed by atoms with Gasteiger partial charge in [0.25, 0.3) is 16.9 Å². The molecule has 0 aliphatic heterocycles. The third kappa shape index (κ3) is 4.50. The van der Waals surface area contributed by atoms with Gasteiger partial charge in [0.1, 0.15) is 24.1 Å². The van der Waals surface area contributed by atoms with E-state index in [1.54, 1.807) is 6.26 Å². The van der Waals surface area contributed by atoms with Gasteiger partial charge in [-0.1, -0.05) is 18.7 Å². The third-order valence-corrected chi connectivity index (χ3v) is 6.91. The van der Waals surface area contributed by atoms with Crippen LogP contribution in [0, 0.1) is 5.41 Å². The van der Waals surface area contributed by atoms with Gasteiger partial charge in [0.15, 0.2) is 0 Å². The topological polar surface area (TPSA) is 60.0 Å². The Morgan fingerprint density at radius 1 is 1.22 bits per heavy atom. The van der Waals surface area contributed by atoms with Crippen LogP contribution in [0.1, 0.15) is 47.9 Å². The lowest BCUT2D eigenvalue weighted by molar-refractivity contribution is -0.913. The van der Waals surface area contributed by atoms with Crippen molar-refractivity contribution >= 4 is 23.4 Å². The molecule has 4 rings (SSSR count). The summed E-state index contributed by atoms with van der Waals surface area (Å²) in [5.74, 6) is -8.60. The Labute approximate surface area is 203 Å². The van der Waals surface area contributed by atoms with Crippen LogP contribution >= 0.6 is 11.8 Å². The Morgan fingerprint density at radius 3 is 2.31 bits per heavy atom. The molecule has 2 fully saturated rings. The molecule has 198 valence electrons. The van der Waals surface area contributed by atoms with Crippen molar-refractivity contribution in [1.29, 1.82) is 0 Å².